The SMILES string of the molecule is CN=C(NCc1ccc(-n2ccnc2)nc1)N1CCCC(CC(N)=O)C1. The van der Waals surface area contributed by atoms with Crippen molar-refractivity contribution in [2.24, 2.45) is 16.6 Å². The van der Waals surface area contributed by atoms with Crippen molar-refractivity contribution in [2.45, 2.75) is 25.8 Å². The number of amides is 1. The lowest BCUT2D eigenvalue weighted by atomic mass is 9.95. The summed E-state index contributed by atoms with van der Waals surface area (Å²) in [6, 6.07) is 4.00. The lowest BCUT2D eigenvalue weighted by Gasteiger charge is -2.34. The molecule has 0 bridgehead atoms. The summed E-state index contributed by atoms with van der Waals surface area (Å²) in [5.74, 6) is 1.75. The van der Waals surface area contributed by atoms with Gasteiger partial charge in [-0.1, -0.05) is 6.07 Å². The van der Waals surface area contributed by atoms with Crippen LogP contribution in [0.5, 0.6) is 0 Å². The van der Waals surface area contributed by atoms with Gasteiger partial charge in [0.2, 0.25) is 5.91 Å². The second kappa shape index (κ2) is 8.46. The van der Waals surface area contributed by atoms with E-state index in [0.717, 1.165) is 43.3 Å². The minimum atomic E-state index is -0.233. The number of nitrogens with two attached hydrogens (primary N) is 1. The van der Waals surface area contributed by atoms with E-state index in [9.17, 15) is 4.79 Å². The molecule has 0 spiro atoms. The maximum Gasteiger partial charge on any atom is 0.217 e. The lowest BCUT2D eigenvalue weighted by Crippen LogP contribution is -2.46. The van der Waals surface area contributed by atoms with Gasteiger partial charge in [-0.2, -0.15) is 0 Å². The van der Waals surface area contributed by atoms with Crippen LogP contribution in [0.3, 0.4) is 0 Å². The topological polar surface area (TPSA) is 101 Å². The van der Waals surface area contributed by atoms with E-state index in [0.29, 0.717) is 18.9 Å². The number of nitrogens with zero attached hydrogens (tertiary/aromatic N) is 5. The molecule has 0 aromatic carbocycles. The van der Waals surface area contributed by atoms with Gasteiger partial charge >= 0.3 is 0 Å². The Morgan fingerprint density at radius 3 is 3.00 bits per heavy atom. The molecule has 0 aliphatic carbocycles. The van der Waals surface area contributed by atoms with Gasteiger partial charge < -0.3 is 16.0 Å². The molecule has 1 amide bonds. The molecule has 1 saturated heterocycles. The van der Waals surface area contributed by atoms with Crippen LogP contribution in [0.4, 0.5) is 0 Å². The van der Waals surface area contributed by atoms with Crippen LogP contribution in [-0.2, 0) is 11.3 Å². The number of hydrogen-bond donors (Lipinski definition) is 2. The summed E-state index contributed by atoms with van der Waals surface area (Å²) in [5.41, 5.74) is 6.41. The van der Waals surface area contributed by atoms with Gasteiger partial charge in [-0.05, 0) is 30.4 Å². The number of rotatable bonds is 5. The number of nitrogens with one attached hydrogen (secondary N) is 1. The predicted octanol–water partition coefficient (Wildman–Crippen LogP) is 0.930. The Bertz CT molecular complexity index is 739. The van der Waals surface area contributed by atoms with Gasteiger partial charge in [0.05, 0.1) is 0 Å². The average molecular weight is 355 g/mol. The van der Waals surface area contributed by atoms with Gasteiger partial charge in [-0.3, -0.25) is 14.4 Å². The summed E-state index contributed by atoms with van der Waals surface area (Å²) >= 11 is 0. The molecule has 3 N–H and O–H groups in total. The monoisotopic (exact) mass is 355 g/mol. The van der Waals surface area contributed by atoms with Crippen molar-refractivity contribution in [3.05, 3.63) is 42.6 Å². The maximum absolute atomic E-state index is 11.2. The molecule has 26 heavy (non-hydrogen) atoms. The van der Waals surface area contributed by atoms with Crippen LogP contribution in [0.1, 0.15) is 24.8 Å². The van der Waals surface area contributed by atoms with Crippen LogP contribution in [0.2, 0.25) is 0 Å². The molecule has 1 aliphatic rings. The third kappa shape index (κ3) is 4.59. The molecular formula is C18H25N7O. The Hall–Kier alpha value is -2.90. The first-order valence-corrected chi connectivity index (χ1v) is 8.83. The van der Waals surface area contributed by atoms with Gasteiger partial charge in [0.25, 0.3) is 0 Å². The Labute approximate surface area is 153 Å². The summed E-state index contributed by atoms with van der Waals surface area (Å²) in [6.07, 6.45) is 9.68. The first-order chi connectivity index (χ1) is 12.7. The van der Waals surface area contributed by atoms with Gasteiger partial charge in [-0.25, -0.2) is 9.97 Å². The van der Waals surface area contributed by atoms with E-state index < -0.39 is 0 Å². The van der Waals surface area contributed by atoms with E-state index in [-0.39, 0.29) is 5.91 Å². The fourth-order valence-electron chi connectivity index (χ4n) is 3.29. The largest absolute Gasteiger partial charge is 0.370 e. The normalized spacial score (nSPS) is 18.0. The van der Waals surface area contributed by atoms with Crippen molar-refractivity contribution in [2.75, 3.05) is 20.1 Å². The van der Waals surface area contributed by atoms with Crippen molar-refractivity contribution in [3.63, 3.8) is 0 Å². The standard InChI is InChI=1S/C18H25N7O/c1-20-18(24-7-2-3-14(12-24)9-16(19)26)23-11-15-4-5-17(22-10-15)25-8-6-21-13-25/h4-6,8,10,13-14H,2-3,7,9,11-12H2,1H3,(H2,19,26)(H,20,23). The fraction of sp³-hybridized carbons (Fsp3) is 0.444. The lowest BCUT2D eigenvalue weighted by molar-refractivity contribution is -0.119. The summed E-state index contributed by atoms with van der Waals surface area (Å²) in [4.78, 5) is 26.3. The molecule has 2 aromatic heterocycles. The van der Waals surface area contributed by atoms with Crippen molar-refractivity contribution in [3.8, 4) is 5.82 Å². The van der Waals surface area contributed by atoms with E-state index >= 15 is 0 Å². The maximum atomic E-state index is 11.2. The van der Waals surface area contributed by atoms with E-state index in [1.54, 1.807) is 19.6 Å². The third-order valence-electron chi connectivity index (χ3n) is 4.55. The zero-order chi connectivity index (χ0) is 18.4. The van der Waals surface area contributed by atoms with E-state index in [4.69, 9.17) is 5.73 Å². The molecule has 0 radical (unpaired) electrons. The summed E-state index contributed by atoms with van der Waals surface area (Å²) in [6.45, 7) is 2.38. The first kappa shape index (κ1) is 17.9. The molecule has 3 rings (SSSR count). The number of hydrogen-bond acceptors (Lipinski definition) is 4. The summed E-state index contributed by atoms with van der Waals surface area (Å²) in [7, 11) is 1.78. The van der Waals surface area contributed by atoms with Crippen LogP contribution in [0.25, 0.3) is 5.82 Å². The minimum Gasteiger partial charge on any atom is -0.370 e. The molecule has 0 saturated carbocycles. The van der Waals surface area contributed by atoms with Crippen molar-refractivity contribution >= 4 is 11.9 Å². The van der Waals surface area contributed by atoms with Crippen LogP contribution in [-0.4, -0.2) is 51.4 Å². The molecule has 138 valence electrons. The van der Waals surface area contributed by atoms with Crippen LogP contribution in [0, 0.1) is 5.92 Å². The number of likely N-dealkylation sites (tertiary alicyclic amines) is 1. The quantitative estimate of drug-likeness (QED) is 0.614. The van der Waals surface area contributed by atoms with Gasteiger partial charge in [0, 0.05) is 51.7 Å². The number of aliphatic imine (C=N–C) groups is 1. The highest BCUT2D eigenvalue weighted by Gasteiger charge is 2.23. The summed E-state index contributed by atoms with van der Waals surface area (Å²) in [5, 5.41) is 3.38. The molecule has 8 nitrogen and oxygen atoms in total. The van der Waals surface area contributed by atoms with Gasteiger partial charge in [-0.15, -0.1) is 0 Å². The molecular weight excluding hydrogens is 330 g/mol. The number of carbonyl (C=O) groups is 1. The Kier molecular flexibility index (Phi) is 5.83. The Morgan fingerprint density at radius 2 is 2.35 bits per heavy atom. The molecule has 1 atom stereocenters. The molecule has 8 heteroatoms. The number of aromatic nitrogens is 3. The van der Waals surface area contributed by atoms with Crippen molar-refractivity contribution in [1.29, 1.82) is 0 Å². The van der Waals surface area contributed by atoms with Gasteiger partial charge in [0.1, 0.15) is 12.1 Å². The van der Waals surface area contributed by atoms with Crippen LogP contribution < -0.4 is 11.1 Å². The highest BCUT2D eigenvalue weighted by Crippen LogP contribution is 2.19. The Balaban J connectivity index is 1.56. The zero-order valence-corrected chi connectivity index (χ0v) is 15.0. The van der Waals surface area contributed by atoms with Gasteiger partial charge in [0.15, 0.2) is 5.96 Å². The molecule has 3 heterocycles. The second-order valence-electron chi connectivity index (χ2n) is 6.52. The van der Waals surface area contributed by atoms with E-state index in [1.807, 2.05) is 29.1 Å². The minimum absolute atomic E-state index is 0.233. The van der Waals surface area contributed by atoms with Crippen molar-refractivity contribution in [1.82, 2.24) is 24.8 Å². The average Bonchev–Trinajstić information content (AvgIpc) is 3.17. The van der Waals surface area contributed by atoms with Crippen molar-refractivity contribution < 1.29 is 4.79 Å². The predicted molar refractivity (Wildman–Crippen MR) is 99.7 cm³/mol. The molecule has 1 aliphatic heterocycles. The zero-order valence-electron chi connectivity index (χ0n) is 15.0. The highest BCUT2D eigenvalue weighted by molar-refractivity contribution is 5.80. The fourth-order valence-corrected chi connectivity index (χ4v) is 3.29. The number of guanidine groups is 1. The van der Waals surface area contributed by atoms with E-state index in [1.165, 1.54) is 0 Å². The second-order valence-corrected chi connectivity index (χ2v) is 6.52. The smallest absolute Gasteiger partial charge is 0.217 e. The molecule has 2 aromatic rings. The summed E-state index contributed by atoms with van der Waals surface area (Å²) < 4.78 is 1.86. The highest BCUT2D eigenvalue weighted by atomic mass is 16.1. The number of carbonyl (C=O) groups excluding carboxylic acids is 1. The molecule has 1 unspecified atom stereocenters. The number of piperidine rings is 1. The first-order valence-electron chi connectivity index (χ1n) is 8.83. The van der Waals surface area contributed by atoms with E-state index in [2.05, 4.69) is 25.2 Å². The number of primary amides is 1. The molecule has 1 fully saturated rings. The van der Waals surface area contributed by atoms with Crippen LogP contribution >= 0.6 is 0 Å². The third-order valence-corrected chi connectivity index (χ3v) is 4.55. The number of imidazole rings is 1. The Morgan fingerprint density at radius 1 is 1.46 bits per heavy atom. The van der Waals surface area contributed by atoms with Crippen LogP contribution in [0.15, 0.2) is 42.0 Å². The number of pyridine rings is 1.